The molecule has 1 aromatic rings. The van der Waals surface area contributed by atoms with Crippen LogP contribution in [0.25, 0.3) is 0 Å². The maximum atomic E-state index is 11.4. The largest absolute Gasteiger partial charge is 0.493 e. The Morgan fingerprint density at radius 2 is 2.12 bits per heavy atom. The Labute approximate surface area is 107 Å². The molecule has 0 saturated heterocycles. The lowest BCUT2D eigenvalue weighted by molar-refractivity contribution is 0.101. The molecule has 0 aromatic heterocycles. The second-order valence-electron chi connectivity index (χ2n) is 4.20. The van der Waals surface area contributed by atoms with Crippen LogP contribution in [-0.2, 0) is 0 Å². The summed E-state index contributed by atoms with van der Waals surface area (Å²) in [5.41, 5.74) is 0.544. The first kappa shape index (κ1) is 14.0. The Hall–Kier alpha value is -1.06. The molecule has 1 aromatic carbocycles. The van der Waals surface area contributed by atoms with Crippen LogP contribution in [0.3, 0.4) is 0 Å². The van der Waals surface area contributed by atoms with Crippen LogP contribution in [0.5, 0.6) is 5.75 Å². The summed E-state index contributed by atoms with van der Waals surface area (Å²) < 4.78 is 5.60. The highest BCUT2D eigenvalue weighted by atomic mass is 35.5. The van der Waals surface area contributed by atoms with E-state index < -0.39 is 0 Å². The number of Topliss-reactive ketones (excluding diaryl/α,β-unsaturated/α-hetero) is 1. The number of nitrogens with zero attached hydrogens (tertiary/aromatic N) is 1. The fraction of sp³-hybridized carbons (Fsp3) is 0.462. The summed E-state index contributed by atoms with van der Waals surface area (Å²) in [7, 11) is 4.03. The van der Waals surface area contributed by atoms with Gasteiger partial charge in [0.15, 0.2) is 5.78 Å². The van der Waals surface area contributed by atoms with Crippen LogP contribution in [0.15, 0.2) is 18.2 Å². The average Bonchev–Trinajstić information content (AvgIpc) is 2.25. The van der Waals surface area contributed by atoms with Crippen LogP contribution < -0.4 is 4.74 Å². The number of rotatable bonds is 6. The lowest BCUT2D eigenvalue weighted by atomic mass is 10.1. The minimum absolute atomic E-state index is 0.0323. The fourth-order valence-corrected chi connectivity index (χ4v) is 1.64. The van der Waals surface area contributed by atoms with Crippen molar-refractivity contribution in [2.45, 2.75) is 13.3 Å². The van der Waals surface area contributed by atoms with E-state index in [0.717, 1.165) is 13.0 Å². The number of carbonyl (C=O) groups is 1. The molecule has 1 rings (SSSR count). The molecule has 0 spiro atoms. The molecule has 4 heteroatoms. The third-order valence-electron chi connectivity index (χ3n) is 2.33. The maximum Gasteiger partial charge on any atom is 0.163 e. The topological polar surface area (TPSA) is 29.5 Å². The van der Waals surface area contributed by atoms with E-state index in [0.29, 0.717) is 22.9 Å². The molecule has 0 aliphatic rings. The van der Waals surface area contributed by atoms with Crippen LogP contribution in [-0.4, -0.2) is 37.9 Å². The molecule has 0 N–H and O–H groups in total. The van der Waals surface area contributed by atoms with Crippen molar-refractivity contribution in [2.24, 2.45) is 0 Å². The molecule has 0 bridgehead atoms. The molecule has 0 heterocycles. The Balaban J connectivity index is 2.61. The van der Waals surface area contributed by atoms with Gasteiger partial charge in [0, 0.05) is 11.6 Å². The number of hydrogen-bond donors (Lipinski definition) is 0. The van der Waals surface area contributed by atoms with Crippen molar-refractivity contribution in [3.05, 3.63) is 28.8 Å². The highest BCUT2D eigenvalue weighted by Gasteiger charge is 2.09. The molecule has 0 saturated carbocycles. The first-order chi connectivity index (χ1) is 8.00. The summed E-state index contributed by atoms with van der Waals surface area (Å²) in [6.07, 6.45) is 0.924. The molecule has 0 atom stereocenters. The molecule has 3 nitrogen and oxygen atoms in total. The second-order valence-corrected chi connectivity index (χ2v) is 4.64. The van der Waals surface area contributed by atoms with Gasteiger partial charge in [-0.05, 0) is 45.6 Å². The van der Waals surface area contributed by atoms with Crippen molar-refractivity contribution in [2.75, 3.05) is 27.2 Å². The highest BCUT2D eigenvalue weighted by molar-refractivity contribution is 6.31. The van der Waals surface area contributed by atoms with Crippen molar-refractivity contribution in [1.82, 2.24) is 4.90 Å². The zero-order chi connectivity index (χ0) is 12.8. The molecule has 0 radical (unpaired) electrons. The summed E-state index contributed by atoms with van der Waals surface area (Å²) in [5, 5.41) is 0.552. The van der Waals surface area contributed by atoms with Gasteiger partial charge in [0.2, 0.25) is 0 Å². The monoisotopic (exact) mass is 255 g/mol. The minimum Gasteiger partial charge on any atom is -0.493 e. The van der Waals surface area contributed by atoms with Crippen LogP contribution in [0.2, 0.25) is 5.02 Å². The SMILES string of the molecule is CC(=O)c1cc(Cl)ccc1OCCCN(C)C. The molecule has 0 amide bonds. The predicted octanol–water partition coefficient (Wildman–Crippen LogP) is 2.87. The molecule has 17 heavy (non-hydrogen) atoms. The Morgan fingerprint density at radius 1 is 1.41 bits per heavy atom. The van der Waals surface area contributed by atoms with Crippen molar-refractivity contribution < 1.29 is 9.53 Å². The first-order valence-corrected chi connectivity index (χ1v) is 5.96. The first-order valence-electron chi connectivity index (χ1n) is 5.58. The zero-order valence-corrected chi connectivity index (χ0v) is 11.3. The van der Waals surface area contributed by atoms with Crippen LogP contribution >= 0.6 is 11.6 Å². The molecular formula is C13H18ClNO2. The normalized spacial score (nSPS) is 10.6. The second kappa shape index (κ2) is 6.62. The lowest BCUT2D eigenvalue weighted by Crippen LogP contribution is -2.16. The van der Waals surface area contributed by atoms with E-state index in [-0.39, 0.29) is 5.78 Å². The van der Waals surface area contributed by atoms with Gasteiger partial charge in [0.25, 0.3) is 0 Å². The highest BCUT2D eigenvalue weighted by Crippen LogP contribution is 2.23. The summed E-state index contributed by atoms with van der Waals surface area (Å²) in [6.45, 7) is 3.07. The standard InChI is InChI=1S/C13H18ClNO2/c1-10(16)12-9-11(14)5-6-13(12)17-8-4-7-15(2)3/h5-6,9H,4,7-8H2,1-3H3. The number of carbonyl (C=O) groups excluding carboxylic acids is 1. The summed E-state index contributed by atoms with van der Waals surface area (Å²) in [6, 6.07) is 5.12. The van der Waals surface area contributed by atoms with Crippen LogP contribution in [0.4, 0.5) is 0 Å². The van der Waals surface area contributed by atoms with Crippen molar-refractivity contribution >= 4 is 17.4 Å². The van der Waals surface area contributed by atoms with Gasteiger partial charge in [0.05, 0.1) is 12.2 Å². The van der Waals surface area contributed by atoms with E-state index in [2.05, 4.69) is 4.90 Å². The molecule has 0 fully saturated rings. The number of benzene rings is 1. The van der Waals surface area contributed by atoms with Crippen molar-refractivity contribution in [3.8, 4) is 5.75 Å². The van der Waals surface area contributed by atoms with E-state index in [4.69, 9.17) is 16.3 Å². The number of halogens is 1. The Kier molecular flexibility index (Phi) is 5.45. The van der Waals surface area contributed by atoms with Gasteiger partial charge in [-0.1, -0.05) is 11.6 Å². The molecule has 94 valence electrons. The fourth-order valence-electron chi connectivity index (χ4n) is 1.47. The predicted molar refractivity (Wildman–Crippen MR) is 70.1 cm³/mol. The van der Waals surface area contributed by atoms with Crippen molar-refractivity contribution in [1.29, 1.82) is 0 Å². The summed E-state index contributed by atoms with van der Waals surface area (Å²) >= 11 is 5.85. The van der Waals surface area contributed by atoms with E-state index >= 15 is 0 Å². The summed E-state index contributed by atoms with van der Waals surface area (Å²) in [4.78, 5) is 13.5. The smallest absolute Gasteiger partial charge is 0.163 e. The van der Waals surface area contributed by atoms with Gasteiger partial charge in [-0.15, -0.1) is 0 Å². The van der Waals surface area contributed by atoms with Gasteiger partial charge < -0.3 is 9.64 Å². The quantitative estimate of drug-likeness (QED) is 0.578. The van der Waals surface area contributed by atoms with Gasteiger partial charge in [-0.25, -0.2) is 0 Å². The van der Waals surface area contributed by atoms with E-state index in [9.17, 15) is 4.79 Å². The summed E-state index contributed by atoms with van der Waals surface area (Å²) in [5.74, 6) is 0.579. The average molecular weight is 256 g/mol. The minimum atomic E-state index is -0.0323. The third kappa shape index (κ3) is 4.75. The van der Waals surface area contributed by atoms with Crippen molar-refractivity contribution in [3.63, 3.8) is 0 Å². The molecule has 0 unspecified atom stereocenters. The zero-order valence-electron chi connectivity index (χ0n) is 10.5. The third-order valence-corrected chi connectivity index (χ3v) is 2.56. The Bertz CT molecular complexity index is 391. The maximum absolute atomic E-state index is 11.4. The van der Waals surface area contributed by atoms with E-state index in [1.54, 1.807) is 18.2 Å². The molecule has 0 aliphatic carbocycles. The lowest BCUT2D eigenvalue weighted by Gasteiger charge is -2.12. The van der Waals surface area contributed by atoms with E-state index in [1.807, 2.05) is 14.1 Å². The van der Waals surface area contributed by atoms with Crippen LogP contribution in [0, 0.1) is 0 Å². The van der Waals surface area contributed by atoms with Gasteiger partial charge in [-0.3, -0.25) is 4.79 Å². The van der Waals surface area contributed by atoms with E-state index in [1.165, 1.54) is 6.92 Å². The van der Waals surface area contributed by atoms with Gasteiger partial charge in [-0.2, -0.15) is 0 Å². The number of hydrogen-bond acceptors (Lipinski definition) is 3. The van der Waals surface area contributed by atoms with Gasteiger partial charge >= 0.3 is 0 Å². The van der Waals surface area contributed by atoms with Crippen LogP contribution in [0.1, 0.15) is 23.7 Å². The molecular weight excluding hydrogens is 238 g/mol. The Morgan fingerprint density at radius 3 is 2.71 bits per heavy atom. The number of ether oxygens (including phenoxy) is 1. The number of ketones is 1. The van der Waals surface area contributed by atoms with Gasteiger partial charge in [0.1, 0.15) is 5.75 Å². The molecule has 0 aliphatic heterocycles.